The number of benzene rings is 1. The van der Waals surface area contributed by atoms with E-state index < -0.39 is 11.6 Å². The SMILES string of the molecule is COc1cc(NC(C)C(=O)OC(C)(C)C)ccc1Cl. The van der Waals surface area contributed by atoms with Crippen LogP contribution >= 0.6 is 11.6 Å². The molecule has 0 aromatic heterocycles. The molecule has 106 valence electrons. The molecular formula is C14H20ClNO3. The Kier molecular flexibility index (Phi) is 5.06. The molecule has 1 atom stereocenters. The van der Waals surface area contributed by atoms with E-state index >= 15 is 0 Å². The van der Waals surface area contributed by atoms with Crippen LogP contribution in [0.15, 0.2) is 18.2 Å². The Balaban J connectivity index is 2.71. The standard InChI is InChI=1S/C14H20ClNO3/c1-9(13(17)19-14(2,3)4)16-10-6-7-11(15)12(8-10)18-5/h6-9,16H,1-5H3. The monoisotopic (exact) mass is 285 g/mol. The molecule has 1 aromatic rings. The van der Waals surface area contributed by atoms with Gasteiger partial charge in [-0.2, -0.15) is 0 Å². The molecule has 0 amide bonds. The normalized spacial score (nSPS) is 12.7. The van der Waals surface area contributed by atoms with Crippen LogP contribution in [0.3, 0.4) is 0 Å². The molecule has 19 heavy (non-hydrogen) atoms. The second kappa shape index (κ2) is 6.15. The molecule has 0 fully saturated rings. The van der Waals surface area contributed by atoms with Gasteiger partial charge in [-0.1, -0.05) is 11.6 Å². The van der Waals surface area contributed by atoms with E-state index in [2.05, 4.69) is 5.32 Å². The van der Waals surface area contributed by atoms with E-state index in [-0.39, 0.29) is 5.97 Å². The van der Waals surface area contributed by atoms with Gasteiger partial charge in [-0.05, 0) is 39.8 Å². The molecule has 0 saturated carbocycles. The van der Waals surface area contributed by atoms with Gasteiger partial charge in [0, 0.05) is 11.8 Å². The zero-order valence-corrected chi connectivity index (χ0v) is 12.7. The number of hydrogen-bond donors (Lipinski definition) is 1. The van der Waals surface area contributed by atoms with Crippen LogP contribution in [0.4, 0.5) is 5.69 Å². The quantitative estimate of drug-likeness (QED) is 0.860. The molecule has 0 spiro atoms. The summed E-state index contributed by atoms with van der Waals surface area (Å²) in [5.74, 6) is 0.254. The molecule has 0 aliphatic rings. The minimum absolute atomic E-state index is 0.304. The number of carbonyl (C=O) groups excluding carboxylic acids is 1. The highest BCUT2D eigenvalue weighted by atomic mass is 35.5. The second-order valence-electron chi connectivity index (χ2n) is 5.25. The van der Waals surface area contributed by atoms with Gasteiger partial charge < -0.3 is 14.8 Å². The number of nitrogens with one attached hydrogen (secondary N) is 1. The number of anilines is 1. The van der Waals surface area contributed by atoms with Crippen LogP contribution in [-0.2, 0) is 9.53 Å². The van der Waals surface area contributed by atoms with Crippen LogP contribution in [0.1, 0.15) is 27.7 Å². The highest BCUT2D eigenvalue weighted by Gasteiger charge is 2.21. The first kappa shape index (κ1) is 15.6. The van der Waals surface area contributed by atoms with Crippen molar-refractivity contribution in [2.24, 2.45) is 0 Å². The van der Waals surface area contributed by atoms with Crippen molar-refractivity contribution in [3.05, 3.63) is 23.2 Å². The second-order valence-corrected chi connectivity index (χ2v) is 5.66. The van der Waals surface area contributed by atoms with Crippen molar-refractivity contribution in [3.8, 4) is 5.75 Å². The highest BCUT2D eigenvalue weighted by Crippen LogP contribution is 2.27. The molecule has 0 heterocycles. The van der Waals surface area contributed by atoms with Crippen LogP contribution in [0.5, 0.6) is 5.75 Å². The predicted molar refractivity (Wildman–Crippen MR) is 76.9 cm³/mol. The van der Waals surface area contributed by atoms with E-state index in [1.807, 2.05) is 20.8 Å². The molecular weight excluding hydrogens is 266 g/mol. The first-order valence-electron chi connectivity index (χ1n) is 6.06. The molecule has 0 bridgehead atoms. The van der Waals surface area contributed by atoms with Crippen LogP contribution in [0, 0.1) is 0 Å². The zero-order valence-electron chi connectivity index (χ0n) is 11.9. The molecule has 1 N–H and O–H groups in total. The van der Waals surface area contributed by atoms with Crippen LogP contribution in [0.2, 0.25) is 5.02 Å². The number of halogens is 1. The van der Waals surface area contributed by atoms with Crippen molar-refractivity contribution < 1.29 is 14.3 Å². The number of hydrogen-bond acceptors (Lipinski definition) is 4. The van der Waals surface area contributed by atoms with E-state index in [4.69, 9.17) is 21.1 Å². The summed E-state index contributed by atoms with van der Waals surface area (Å²) in [5.41, 5.74) is 0.254. The first-order valence-corrected chi connectivity index (χ1v) is 6.43. The minimum atomic E-state index is -0.495. The van der Waals surface area contributed by atoms with Crippen LogP contribution in [-0.4, -0.2) is 24.7 Å². The van der Waals surface area contributed by atoms with Crippen LogP contribution in [0.25, 0.3) is 0 Å². The van der Waals surface area contributed by atoms with Gasteiger partial charge in [0.25, 0.3) is 0 Å². The molecule has 5 heteroatoms. The molecule has 0 aliphatic carbocycles. The fraction of sp³-hybridized carbons (Fsp3) is 0.500. The van der Waals surface area contributed by atoms with E-state index in [9.17, 15) is 4.79 Å². The van der Waals surface area contributed by atoms with Gasteiger partial charge in [0.05, 0.1) is 12.1 Å². The summed E-state index contributed by atoms with van der Waals surface area (Å²) >= 11 is 5.94. The Labute approximate surface area is 119 Å². The highest BCUT2D eigenvalue weighted by molar-refractivity contribution is 6.32. The van der Waals surface area contributed by atoms with Gasteiger partial charge in [-0.15, -0.1) is 0 Å². The summed E-state index contributed by atoms with van der Waals surface area (Å²) in [5, 5.41) is 3.58. The third kappa shape index (κ3) is 4.99. The average Bonchev–Trinajstić information content (AvgIpc) is 2.29. The van der Waals surface area contributed by atoms with Gasteiger partial charge in [0.15, 0.2) is 0 Å². The Hall–Kier alpha value is -1.42. The van der Waals surface area contributed by atoms with E-state index in [1.165, 1.54) is 0 Å². The Bertz CT molecular complexity index is 454. The van der Waals surface area contributed by atoms with Crippen LogP contribution < -0.4 is 10.1 Å². The van der Waals surface area contributed by atoms with Crippen molar-refractivity contribution in [2.45, 2.75) is 39.3 Å². The van der Waals surface area contributed by atoms with E-state index in [0.29, 0.717) is 10.8 Å². The van der Waals surface area contributed by atoms with Gasteiger partial charge in [-0.25, -0.2) is 4.79 Å². The molecule has 1 aromatic carbocycles. The molecule has 1 unspecified atom stereocenters. The van der Waals surface area contributed by atoms with Gasteiger partial charge in [0.2, 0.25) is 0 Å². The van der Waals surface area contributed by atoms with Crippen molar-refractivity contribution in [1.82, 2.24) is 0 Å². The minimum Gasteiger partial charge on any atom is -0.495 e. The Morgan fingerprint density at radius 2 is 2.00 bits per heavy atom. The fourth-order valence-electron chi connectivity index (χ4n) is 1.45. The van der Waals surface area contributed by atoms with E-state index in [0.717, 1.165) is 5.69 Å². The summed E-state index contributed by atoms with van der Waals surface area (Å²) in [4.78, 5) is 11.8. The average molecular weight is 286 g/mol. The summed E-state index contributed by atoms with van der Waals surface area (Å²) in [6.07, 6.45) is 0. The summed E-state index contributed by atoms with van der Waals surface area (Å²) in [6.45, 7) is 7.25. The predicted octanol–water partition coefficient (Wildman–Crippen LogP) is 3.49. The first-order chi connectivity index (χ1) is 8.73. The van der Waals surface area contributed by atoms with Gasteiger partial charge in [0.1, 0.15) is 17.4 Å². The van der Waals surface area contributed by atoms with Gasteiger partial charge in [-0.3, -0.25) is 0 Å². The number of methoxy groups -OCH3 is 1. The maximum Gasteiger partial charge on any atom is 0.328 e. The third-order valence-electron chi connectivity index (χ3n) is 2.29. The maximum atomic E-state index is 11.8. The number of esters is 1. The van der Waals surface area contributed by atoms with Crippen molar-refractivity contribution in [3.63, 3.8) is 0 Å². The van der Waals surface area contributed by atoms with Crippen molar-refractivity contribution in [1.29, 1.82) is 0 Å². The molecule has 0 radical (unpaired) electrons. The van der Waals surface area contributed by atoms with Gasteiger partial charge >= 0.3 is 5.97 Å². The number of carbonyl (C=O) groups is 1. The summed E-state index contributed by atoms with van der Waals surface area (Å²) in [7, 11) is 1.54. The van der Waals surface area contributed by atoms with Crippen molar-refractivity contribution >= 4 is 23.3 Å². The third-order valence-corrected chi connectivity index (χ3v) is 2.61. The summed E-state index contributed by atoms with van der Waals surface area (Å²) < 4.78 is 10.4. The maximum absolute atomic E-state index is 11.8. The lowest BCUT2D eigenvalue weighted by atomic mass is 10.2. The molecule has 0 aliphatic heterocycles. The molecule has 1 rings (SSSR count). The molecule has 0 saturated heterocycles. The lowest BCUT2D eigenvalue weighted by Crippen LogP contribution is -2.34. The Morgan fingerprint density at radius 3 is 2.53 bits per heavy atom. The topological polar surface area (TPSA) is 47.6 Å². The lowest BCUT2D eigenvalue weighted by Gasteiger charge is -2.23. The largest absolute Gasteiger partial charge is 0.495 e. The summed E-state index contributed by atoms with van der Waals surface area (Å²) in [6, 6.07) is 4.78. The van der Waals surface area contributed by atoms with Crippen molar-refractivity contribution in [2.75, 3.05) is 12.4 Å². The molecule has 4 nitrogen and oxygen atoms in total. The fourth-order valence-corrected chi connectivity index (χ4v) is 1.64. The number of ether oxygens (including phenoxy) is 2. The number of rotatable bonds is 4. The Morgan fingerprint density at radius 1 is 1.37 bits per heavy atom. The lowest BCUT2D eigenvalue weighted by molar-refractivity contribution is -0.155. The smallest absolute Gasteiger partial charge is 0.328 e. The van der Waals surface area contributed by atoms with E-state index in [1.54, 1.807) is 32.2 Å². The zero-order chi connectivity index (χ0) is 14.6.